The van der Waals surface area contributed by atoms with Gasteiger partial charge in [-0.3, -0.25) is 4.68 Å². The van der Waals surface area contributed by atoms with Gasteiger partial charge in [-0.2, -0.15) is 5.10 Å². The average Bonchev–Trinajstić information content (AvgIpc) is 2.70. The van der Waals surface area contributed by atoms with Crippen molar-refractivity contribution in [1.82, 2.24) is 15.1 Å². The number of aromatic nitrogens is 2. The Hall–Kier alpha value is -0.580. The van der Waals surface area contributed by atoms with Crippen LogP contribution in [0.4, 0.5) is 0 Å². The Morgan fingerprint density at radius 2 is 2.05 bits per heavy atom. The molecule has 4 nitrogen and oxygen atoms in total. The Morgan fingerprint density at radius 1 is 1.37 bits per heavy atom. The van der Waals surface area contributed by atoms with Crippen molar-refractivity contribution in [2.24, 2.45) is 0 Å². The van der Waals surface area contributed by atoms with E-state index in [1.54, 1.807) is 0 Å². The van der Waals surface area contributed by atoms with Gasteiger partial charge in [0.2, 0.25) is 0 Å². The first-order valence-electron chi connectivity index (χ1n) is 7.06. The van der Waals surface area contributed by atoms with E-state index in [1.807, 2.05) is 25.6 Å². The van der Waals surface area contributed by atoms with E-state index in [2.05, 4.69) is 24.3 Å². The SMILES string of the molecule is CCc1nn(CC)c(CC(COC(C)C)NC)c1Cl. The largest absolute Gasteiger partial charge is 0.377 e. The van der Waals surface area contributed by atoms with E-state index < -0.39 is 0 Å². The summed E-state index contributed by atoms with van der Waals surface area (Å²) >= 11 is 6.42. The second-order valence-electron chi connectivity index (χ2n) is 4.95. The lowest BCUT2D eigenvalue weighted by Gasteiger charge is -2.18. The van der Waals surface area contributed by atoms with Crippen molar-refractivity contribution in [3.8, 4) is 0 Å². The zero-order valence-corrected chi connectivity index (χ0v) is 13.4. The third kappa shape index (κ3) is 4.48. The minimum absolute atomic E-state index is 0.244. The second-order valence-corrected chi connectivity index (χ2v) is 5.33. The van der Waals surface area contributed by atoms with Crippen LogP contribution in [-0.2, 0) is 24.1 Å². The number of ether oxygens (including phenoxy) is 1. The molecule has 0 saturated heterocycles. The molecule has 0 aliphatic rings. The van der Waals surface area contributed by atoms with Crippen LogP contribution in [0.2, 0.25) is 5.02 Å². The highest BCUT2D eigenvalue weighted by Gasteiger charge is 2.18. The Balaban J connectivity index is 2.80. The molecule has 5 heteroatoms. The predicted molar refractivity (Wildman–Crippen MR) is 79.9 cm³/mol. The van der Waals surface area contributed by atoms with Gasteiger partial charge in [-0.15, -0.1) is 0 Å². The average molecular weight is 288 g/mol. The first kappa shape index (κ1) is 16.5. The molecule has 19 heavy (non-hydrogen) atoms. The molecular formula is C14H26ClN3O. The maximum Gasteiger partial charge on any atom is 0.0850 e. The third-order valence-electron chi connectivity index (χ3n) is 3.17. The zero-order chi connectivity index (χ0) is 14.4. The van der Waals surface area contributed by atoms with Gasteiger partial charge in [0.1, 0.15) is 0 Å². The van der Waals surface area contributed by atoms with Crippen LogP contribution in [0.3, 0.4) is 0 Å². The van der Waals surface area contributed by atoms with E-state index in [9.17, 15) is 0 Å². The maximum atomic E-state index is 6.42. The van der Waals surface area contributed by atoms with E-state index >= 15 is 0 Å². The van der Waals surface area contributed by atoms with Crippen LogP contribution in [0.5, 0.6) is 0 Å². The topological polar surface area (TPSA) is 39.1 Å². The van der Waals surface area contributed by atoms with Gasteiger partial charge in [0.05, 0.1) is 29.1 Å². The highest BCUT2D eigenvalue weighted by molar-refractivity contribution is 6.31. The summed E-state index contributed by atoms with van der Waals surface area (Å²) in [7, 11) is 1.95. The van der Waals surface area contributed by atoms with Crippen LogP contribution < -0.4 is 5.32 Å². The van der Waals surface area contributed by atoms with Crippen LogP contribution in [0.25, 0.3) is 0 Å². The van der Waals surface area contributed by atoms with Gasteiger partial charge in [-0.1, -0.05) is 18.5 Å². The molecule has 110 valence electrons. The van der Waals surface area contributed by atoms with Crippen LogP contribution in [0.1, 0.15) is 39.1 Å². The van der Waals surface area contributed by atoms with Crippen molar-refractivity contribution in [3.05, 3.63) is 16.4 Å². The Morgan fingerprint density at radius 3 is 2.53 bits per heavy atom. The van der Waals surface area contributed by atoms with Crippen molar-refractivity contribution in [1.29, 1.82) is 0 Å². The molecule has 1 heterocycles. The molecular weight excluding hydrogens is 262 g/mol. The summed E-state index contributed by atoms with van der Waals surface area (Å²) in [5.41, 5.74) is 2.09. The van der Waals surface area contributed by atoms with E-state index in [0.29, 0.717) is 6.61 Å². The Labute approximate surface area is 121 Å². The molecule has 0 amide bonds. The fourth-order valence-corrected chi connectivity index (χ4v) is 2.34. The molecule has 1 aromatic heterocycles. The van der Waals surface area contributed by atoms with Crippen molar-refractivity contribution in [2.75, 3.05) is 13.7 Å². The summed E-state index contributed by atoms with van der Waals surface area (Å²) in [6, 6.07) is 0.256. The molecule has 0 aromatic carbocycles. The minimum Gasteiger partial charge on any atom is -0.377 e. The molecule has 0 radical (unpaired) electrons. The zero-order valence-electron chi connectivity index (χ0n) is 12.7. The molecule has 1 rings (SSSR count). The van der Waals surface area contributed by atoms with Gasteiger partial charge in [0.25, 0.3) is 0 Å². The lowest BCUT2D eigenvalue weighted by molar-refractivity contribution is 0.0624. The summed E-state index contributed by atoms with van der Waals surface area (Å²) in [5, 5.41) is 8.65. The third-order valence-corrected chi connectivity index (χ3v) is 3.61. The van der Waals surface area contributed by atoms with Gasteiger partial charge >= 0.3 is 0 Å². The normalized spacial score (nSPS) is 13.2. The number of hydrogen-bond acceptors (Lipinski definition) is 3. The number of likely N-dealkylation sites (N-methyl/N-ethyl adjacent to an activating group) is 1. The van der Waals surface area contributed by atoms with Crippen LogP contribution in [0, 0.1) is 0 Å². The summed E-state index contributed by atoms with van der Waals surface area (Å²) < 4.78 is 7.68. The van der Waals surface area contributed by atoms with E-state index in [4.69, 9.17) is 16.3 Å². The second kappa shape index (κ2) is 7.88. The predicted octanol–water partition coefficient (Wildman–Crippen LogP) is 2.67. The van der Waals surface area contributed by atoms with E-state index in [1.165, 1.54) is 0 Å². The molecule has 0 fully saturated rings. The minimum atomic E-state index is 0.244. The lowest BCUT2D eigenvalue weighted by Crippen LogP contribution is -2.34. The number of nitrogens with zero attached hydrogens (tertiary/aromatic N) is 2. The van der Waals surface area contributed by atoms with Gasteiger partial charge < -0.3 is 10.1 Å². The summed E-state index contributed by atoms with van der Waals surface area (Å²) in [6.45, 7) is 9.79. The summed E-state index contributed by atoms with van der Waals surface area (Å²) in [4.78, 5) is 0. The molecule has 0 saturated carbocycles. The van der Waals surface area contributed by atoms with Gasteiger partial charge in [-0.05, 0) is 34.2 Å². The number of halogens is 1. The maximum absolute atomic E-state index is 6.42. The Bertz CT molecular complexity index is 390. The van der Waals surface area contributed by atoms with Gasteiger partial charge in [0.15, 0.2) is 0 Å². The lowest BCUT2D eigenvalue weighted by atomic mass is 10.1. The molecule has 1 unspecified atom stereocenters. The summed E-state index contributed by atoms with van der Waals surface area (Å²) in [6.07, 6.45) is 1.95. The van der Waals surface area contributed by atoms with Crippen molar-refractivity contribution in [2.45, 2.75) is 59.2 Å². The van der Waals surface area contributed by atoms with Crippen molar-refractivity contribution < 1.29 is 4.74 Å². The fraction of sp³-hybridized carbons (Fsp3) is 0.786. The van der Waals surface area contributed by atoms with E-state index in [-0.39, 0.29) is 12.1 Å². The highest BCUT2D eigenvalue weighted by atomic mass is 35.5. The molecule has 0 aliphatic carbocycles. The smallest absolute Gasteiger partial charge is 0.0850 e. The fourth-order valence-electron chi connectivity index (χ4n) is 2.00. The van der Waals surface area contributed by atoms with Gasteiger partial charge in [-0.25, -0.2) is 0 Å². The number of nitrogens with one attached hydrogen (secondary N) is 1. The molecule has 0 aliphatic heterocycles. The van der Waals surface area contributed by atoms with Crippen LogP contribution in [0.15, 0.2) is 0 Å². The quantitative estimate of drug-likeness (QED) is 0.799. The monoisotopic (exact) mass is 287 g/mol. The number of rotatable bonds is 8. The number of aryl methyl sites for hydroxylation is 2. The van der Waals surface area contributed by atoms with Crippen LogP contribution in [-0.4, -0.2) is 35.6 Å². The molecule has 1 N–H and O–H groups in total. The molecule has 0 bridgehead atoms. The first-order chi connectivity index (χ1) is 9.03. The van der Waals surface area contributed by atoms with Gasteiger partial charge in [0, 0.05) is 19.0 Å². The standard InChI is InChI=1S/C14H26ClN3O/c1-6-12-14(15)13(18(7-2)17-12)8-11(16-5)9-19-10(3)4/h10-11,16H,6-9H2,1-5H3. The number of hydrogen-bond donors (Lipinski definition) is 1. The highest BCUT2D eigenvalue weighted by Crippen LogP contribution is 2.23. The molecule has 1 atom stereocenters. The molecule has 1 aromatic rings. The van der Waals surface area contributed by atoms with Crippen molar-refractivity contribution in [3.63, 3.8) is 0 Å². The molecule has 0 spiro atoms. The first-order valence-corrected chi connectivity index (χ1v) is 7.44. The van der Waals surface area contributed by atoms with Crippen molar-refractivity contribution >= 4 is 11.6 Å². The summed E-state index contributed by atoms with van der Waals surface area (Å²) in [5.74, 6) is 0. The van der Waals surface area contributed by atoms with Crippen LogP contribution >= 0.6 is 11.6 Å². The Kier molecular flexibility index (Phi) is 6.83. The van der Waals surface area contributed by atoms with E-state index in [0.717, 1.165) is 35.8 Å².